The number of furan rings is 1. The molecule has 1 aliphatic rings. The van der Waals surface area contributed by atoms with Crippen LogP contribution < -0.4 is 0 Å². The van der Waals surface area contributed by atoms with Gasteiger partial charge < -0.3 is 8.98 Å². The molecule has 1 saturated carbocycles. The van der Waals surface area contributed by atoms with Crippen molar-refractivity contribution in [2.24, 2.45) is 0 Å². The molecule has 3 aromatic heterocycles. The molecule has 0 atom stereocenters. The molecule has 0 aliphatic heterocycles. The molecule has 1 aliphatic carbocycles. The third kappa shape index (κ3) is 4.80. The van der Waals surface area contributed by atoms with Crippen LogP contribution in [0.1, 0.15) is 38.1 Å². The van der Waals surface area contributed by atoms with Crippen molar-refractivity contribution in [3.8, 4) is 45.3 Å². The molecule has 3 heterocycles. The average Bonchev–Trinajstić information content (AvgIpc) is 3.74. The summed E-state index contributed by atoms with van der Waals surface area (Å²) in [4.78, 5) is 14.7. The Balaban J connectivity index is 1.11. The molecule has 0 spiro atoms. The highest BCUT2D eigenvalue weighted by atomic mass is 16.3. The molecular formula is C45H34N4O. The lowest BCUT2D eigenvalue weighted by Gasteiger charge is -2.26. The number of aromatic nitrogens is 4. The molecular weight excluding hydrogens is 613 g/mol. The molecule has 5 nitrogen and oxygen atoms in total. The van der Waals surface area contributed by atoms with Gasteiger partial charge in [0.05, 0.1) is 5.52 Å². The summed E-state index contributed by atoms with van der Waals surface area (Å²) in [5, 5.41) is 4.84. The minimum atomic E-state index is 0.518. The number of nitrogens with zero attached hydrogens (tertiary/aromatic N) is 4. The van der Waals surface area contributed by atoms with Gasteiger partial charge in [0.2, 0.25) is 0 Å². The highest BCUT2D eigenvalue weighted by Gasteiger charge is 2.23. The Hall–Kier alpha value is -6.07. The van der Waals surface area contributed by atoms with Crippen LogP contribution in [0.5, 0.6) is 0 Å². The van der Waals surface area contributed by atoms with Crippen LogP contribution in [0.15, 0.2) is 144 Å². The molecule has 0 saturated heterocycles. The summed E-state index contributed by atoms with van der Waals surface area (Å²) in [7, 11) is 0. The first-order valence-corrected chi connectivity index (χ1v) is 17.6. The van der Waals surface area contributed by atoms with Crippen molar-refractivity contribution >= 4 is 43.7 Å². The fraction of sp³-hybridized carbons (Fsp3) is 0.133. The van der Waals surface area contributed by atoms with E-state index in [-0.39, 0.29) is 0 Å². The number of fused-ring (bicyclic) bond motifs is 6. The third-order valence-electron chi connectivity index (χ3n) is 10.4. The first-order valence-electron chi connectivity index (χ1n) is 17.6. The lowest BCUT2D eigenvalue weighted by molar-refractivity contribution is 0.367. The molecule has 0 N–H and O–H groups in total. The van der Waals surface area contributed by atoms with Crippen LogP contribution in [0.4, 0.5) is 0 Å². The largest absolute Gasteiger partial charge is 0.456 e. The summed E-state index contributed by atoms with van der Waals surface area (Å²) in [6, 6.07) is 49.4. The summed E-state index contributed by atoms with van der Waals surface area (Å²) in [6.45, 7) is 0. The molecule has 240 valence electrons. The Morgan fingerprint density at radius 1 is 0.460 bits per heavy atom. The number of rotatable bonds is 5. The lowest BCUT2D eigenvalue weighted by atomic mass is 9.94. The fourth-order valence-electron chi connectivity index (χ4n) is 8.03. The van der Waals surface area contributed by atoms with E-state index in [1.807, 2.05) is 60.7 Å². The van der Waals surface area contributed by atoms with Crippen LogP contribution in [0, 0.1) is 0 Å². The number of hydrogen-bond donors (Lipinski definition) is 0. The molecule has 9 aromatic rings. The standard InChI is InChI=1S/C45H34N4O/c1-4-13-29(14-5-1)43-46-44(30-15-6-2-7-16-30)48-45(47-43)32-23-25-36-38-27-31(24-26-40(38)50-41(36)28-32)34-20-12-21-37-35-19-10-11-22-39(35)49(42(34)37)33-17-8-3-9-18-33/h1-2,4-7,10-16,19-28,33H,3,8-9,17-18H2. The Labute approximate surface area is 289 Å². The highest BCUT2D eigenvalue weighted by molar-refractivity contribution is 6.14. The maximum Gasteiger partial charge on any atom is 0.164 e. The van der Waals surface area contributed by atoms with E-state index in [1.54, 1.807) is 0 Å². The molecule has 5 heteroatoms. The minimum absolute atomic E-state index is 0.518. The van der Waals surface area contributed by atoms with Gasteiger partial charge in [0.1, 0.15) is 11.2 Å². The van der Waals surface area contributed by atoms with E-state index in [0.29, 0.717) is 23.5 Å². The smallest absolute Gasteiger partial charge is 0.164 e. The molecule has 50 heavy (non-hydrogen) atoms. The topological polar surface area (TPSA) is 56.7 Å². The third-order valence-corrected chi connectivity index (χ3v) is 10.4. The predicted octanol–water partition coefficient (Wildman–Crippen LogP) is 12.1. The first kappa shape index (κ1) is 28.9. The molecule has 6 aromatic carbocycles. The number of hydrogen-bond acceptors (Lipinski definition) is 4. The summed E-state index contributed by atoms with van der Waals surface area (Å²) in [5.74, 6) is 1.90. The van der Waals surface area contributed by atoms with E-state index in [9.17, 15) is 0 Å². The average molecular weight is 647 g/mol. The summed E-state index contributed by atoms with van der Waals surface area (Å²) in [6.07, 6.45) is 6.39. The van der Waals surface area contributed by atoms with Gasteiger partial charge in [-0.05, 0) is 48.7 Å². The second-order valence-corrected chi connectivity index (χ2v) is 13.4. The summed E-state index contributed by atoms with van der Waals surface area (Å²) in [5.41, 5.74) is 9.61. The molecule has 10 rings (SSSR count). The Morgan fingerprint density at radius 2 is 1.10 bits per heavy atom. The van der Waals surface area contributed by atoms with E-state index in [0.717, 1.165) is 38.6 Å². The zero-order chi connectivity index (χ0) is 33.0. The Bertz CT molecular complexity index is 2630. The van der Waals surface area contributed by atoms with Crippen LogP contribution in [0.25, 0.3) is 89.0 Å². The van der Waals surface area contributed by atoms with Crippen LogP contribution >= 0.6 is 0 Å². The van der Waals surface area contributed by atoms with Gasteiger partial charge in [-0.15, -0.1) is 0 Å². The van der Waals surface area contributed by atoms with Gasteiger partial charge in [0.15, 0.2) is 17.5 Å². The van der Waals surface area contributed by atoms with Gasteiger partial charge >= 0.3 is 0 Å². The molecule has 0 radical (unpaired) electrons. The molecule has 0 amide bonds. The van der Waals surface area contributed by atoms with Crippen LogP contribution in [0.3, 0.4) is 0 Å². The van der Waals surface area contributed by atoms with Crippen molar-refractivity contribution in [2.75, 3.05) is 0 Å². The number of para-hydroxylation sites is 2. The van der Waals surface area contributed by atoms with E-state index in [2.05, 4.69) is 83.4 Å². The Kier molecular flexibility index (Phi) is 6.83. The highest BCUT2D eigenvalue weighted by Crippen LogP contribution is 2.43. The lowest BCUT2D eigenvalue weighted by Crippen LogP contribution is -2.12. The maximum absolute atomic E-state index is 6.51. The van der Waals surface area contributed by atoms with Crippen LogP contribution in [-0.2, 0) is 0 Å². The second-order valence-electron chi connectivity index (χ2n) is 13.4. The number of benzene rings is 6. The van der Waals surface area contributed by atoms with Crippen molar-refractivity contribution in [3.63, 3.8) is 0 Å². The van der Waals surface area contributed by atoms with Crippen molar-refractivity contribution in [1.29, 1.82) is 0 Å². The molecule has 0 bridgehead atoms. The van der Waals surface area contributed by atoms with Gasteiger partial charge in [0, 0.05) is 55.4 Å². The monoisotopic (exact) mass is 646 g/mol. The van der Waals surface area contributed by atoms with Crippen molar-refractivity contribution in [2.45, 2.75) is 38.1 Å². The van der Waals surface area contributed by atoms with Crippen LogP contribution in [0.2, 0.25) is 0 Å². The van der Waals surface area contributed by atoms with Crippen molar-refractivity contribution in [3.05, 3.63) is 140 Å². The summed E-state index contributed by atoms with van der Waals surface area (Å²) >= 11 is 0. The van der Waals surface area contributed by atoms with E-state index < -0.39 is 0 Å². The summed E-state index contributed by atoms with van der Waals surface area (Å²) < 4.78 is 9.17. The molecule has 0 unspecified atom stereocenters. The van der Waals surface area contributed by atoms with Crippen molar-refractivity contribution in [1.82, 2.24) is 19.5 Å². The van der Waals surface area contributed by atoms with E-state index in [4.69, 9.17) is 19.4 Å². The van der Waals surface area contributed by atoms with Gasteiger partial charge in [-0.2, -0.15) is 0 Å². The first-order chi connectivity index (χ1) is 24.8. The maximum atomic E-state index is 6.51. The molecule has 1 fully saturated rings. The van der Waals surface area contributed by atoms with Gasteiger partial charge in [-0.1, -0.05) is 128 Å². The quantitative estimate of drug-likeness (QED) is 0.187. The van der Waals surface area contributed by atoms with Gasteiger partial charge in [0.25, 0.3) is 0 Å². The zero-order valence-electron chi connectivity index (χ0n) is 27.6. The minimum Gasteiger partial charge on any atom is -0.456 e. The van der Waals surface area contributed by atoms with Crippen LogP contribution in [-0.4, -0.2) is 19.5 Å². The zero-order valence-corrected chi connectivity index (χ0v) is 27.6. The van der Waals surface area contributed by atoms with E-state index >= 15 is 0 Å². The van der Waals surface area contributed by atoms with Crippen molar-refractivity contribution < 1.29 is 4.42 Å². The fourth-order valence-corrected chi connectivity index (χ4v) is 8.03. The predicted molar refractivity (Wildman–Crippen MR) is 204 cm³/mol. The second kappa shape index (κ2) is 11.8. The normalized spacial score (nSPS) is 13.9. The Morgan fingerprint density at radius 3 is 1.84 bits per heavy atom. The van der Waals surface area contributed by atoms with E-state index in [1.165, 1.54) is 65.0 Å². The SMILES string of the molecule is c1ccc(-c2nc(-c3ccccc3)nc(-c3ccc4c(c3)oc3ccc(-c5cccc6c7ccccc7n(C7CCCCC7)c56)cc34)n2)cc1. The van der Waals surface area contributed by atoms with Gasteiger partial charge in [-0.3, -0.25) is 0 Å². The van der Waals surface area contributed by atoms with Gasteiger partial charge in [-0.25, -0.2) is 15.0 Å².